The van der Waals surface area contributed by atoms with Crippen molar-refractivity contribution in [2.75, 3.05) is 11.9 Å². The summed E-state index contributed by atoms with van der Waals surface area (Å²) in [4.78, 5) is 25.0. The molecule has 8 heteroatoms. The predicted octanol–water partition coefficient (Wildman–Crippen LogP) is 4.81. The van der Waals surface area contributed by atoms with Crippen LogP contribution in [-0.4, -0.2) is 27.5 Å². The van der Waals surface area contributed by atoms with Gasteiger partial charge in [0.05, 0.1) is 36.1 Å². The molecule has 170 valence electrons. The second-order valence-electron chi connectivity index (χ2n) is 9.90. The number of nitrogens with one attached hydrogen (secondary N) is 1. The lowest BCUT2D eigenvalue weighted by atomic mass is 9.46. The van der Waals surface area contributed by atoms with Crippen molar-refractivity contribution in [3.8, 4) is 5.75 Å². The second-order valence-corrected chi connectivity index (χ2v) is 10.3. The van der Waals surface area contributed by atoms with Crippen molar-refractivity contribution >= 4 is 28.9 Å². The number of aromatic nitrogens is 2. The number of anilines is 2. The molecule has 6 rings (SSSR count). The summed E-state index contributed by atoms with van der Waals surface area (Å²) in [6.07, 6.45) is 7.19. The molecule has 4 aliphatic rings. The predicted molar refractivity (Wildman–Crippen MR) is 122 cm³/mol. The largest absolute Gasteiger partial charge is 0.492 e. The fourth-order valence-corrected chi connectivity index (χ4v) is 7.21. The SMILES string of the molecule is CCOc1ccccc1Nc1cnn(C23CC4CC(CC(CC(=O)O)(C4)C2)C3)c(=O)c1Cl. The molecule has 1 heterocycles. The Morgan fingerprint density at radius 1 is 1.25 bits per heavy atom. The fourth-order valence-electron chi connectivity index (χ4n) is 7.03. The van der Waals surface area contributed by atoms with Crippen molar-refractivity contribution in [1.82, 2.24) is 9.78 Å². The molecule has 4 bridgehead atoms. The van der Waals surface area contributed by atoms with Gasteiger partial charge in [-0.2, -0.15) is 5.10 Å². The number of carbonyl (C=O) groups is 1. The molecular weight excluding hydrogens is 430 g/mol. The number of carboxylic acid groups (broad SMARTS) is 1. The first-order valence-electron chi connectivity index (χ1n) is 11.3. The molecule has 0 radical (unpaired) electrons. The molecule has 2 aromatic rings. The Balaban J connectivity index is 1.49. The number of benzene rings is 1. The first-order valence-corrected chi connectivity index (χ1v) is 11.7. The van der Waals surface area contributed by atoms with E-state index < -0.39 is 11.5 Å². The van der Waals surface area contributed by atoms with E-state index in [2.05, 4.69) is 10.4 Å². The molecule has 0 aliphatic heterocycles. The monoisotopic (exact) mass is 457 g/mol. The summed E-state index contributed by atoms with van der Waals surface area (Å²) in [6.45, 7) is 2.43. The summed E-state index contributed by atoms with van der Waals surface area (Å²) in [5.41, 5.74) is 0.146. The smallest absolute Gasteiger partial charge is 0.303 e. The van der Waals surface area contributed by atoms with Crippen LogP contribution in [-0.2, 0) is 10.3 Å². The van der Waals surface area contributed by atoms with E-state index in [1.54, 1.807) is 10.9 Å². The lowest BCUT2D eigenvalue weighted by molar-refractivity contribution is -0.151. The van der Waals surface area contributed by atoms with Crippen LogP contribution in [0.4, 0.5) is 11.4 Å². The van der Waals surface area contributed by atoms with Crippen molar-refractivity contribution in [2.24, 2.45) is 17.3 Å². The van der Waals surface area contributed by atoms with Crippen molar-refractivity contribution < 1.29 is 14.6 Å². The number of aliphatic carboxylic acids is 1. The Kier molecular flexibility index (Phi) is 5.19. The second kappa shape index (κ2) is 7.80. The van der Waals surface area contributed by atoms with Gasteiger partial charge in [0.15, 0.2) is 0 Å². The van der Waals surface area contributed by atoms with Gasteiger partial charge in [-0.15, -0.1) is 0 Å². The summed E-state index contributed by atoms with van der Waals surface area (Å²) in [6, 6.07) is 7.48. The lowest BCUT2D eigenvalue weighted by Crippen LogP contribution is -2.59. The average molecular weight is 458 g/mol. The van der Waals surface area contributed by atoms with Gasteiger partial charge in [-0.05, 0) is 74.8 Å². The molecule has 2 N–H and O–H groups in total. The Morgan fingerprint density at radius 3 is 2.66 bits per heavy atom. The van der Waals surface area contributed by atoms with Crippen LogP contribution in [0.5, 0.6) is 5.75 Å². The van der Waals surface area contributed by atoms with Gasteiger partial charge in [-0.3, -0.25) is 9.59 Å². The van der Waals surface area contributed by atoms with E-state index in [1.165, 1.54) is 0 Å². The molecular formula is C24H28ClN3O4. The molecule has 4 saturated carbocycles. The van der Waals surface area contributed by atoms with Crippen molar-refractivity contribution in [3.05, 3.63) is 45.8 Å². The standard InChI is InChI=1S/C24H28ClN3O4/c1-2-32-19-6-4-3-5-17(19)27-18-13-26-28(22(31)21(18)25)24-10-15-7-16(11-24)9-23(8-15,14-24)12-20(29)30/h3-6,13,15-16,27H,2,7-12,14H2,1H3,(H,29,30). The first-order chi connectivity index (χ1) is 15.3. The number of hydrogen-bond donors (Lipinski definition) is 2. The van der Waals surface area contributed by atoms with Crippen molar-refractivity contribution in [1.29, 1.82) is 0 Å². The van der Waals surface area contributed by atoms with Crippen LogP contribution in [0.3, 0.4) is 0 Å². The van der Waals surface area contributed by atoms with E-state index in [4.69, 9.17) is 16.3 Å². The minimum Gasteiger partial charge on any atom is -0.492 e. The highest BCUT2D eigenvalue weighted by Crippen LogP contribution is 2.65. The van der Waals surface area contributed by atoms with Gasteiger partial charge in [-0.1, -0.05) is 23.7 Å². The molecule has 1 aromatic heterocycles. The molecule has 32 heavy (non-hydrogen) atoms. The molecule has 2 atom stereocenters. The van der Waals surface area contributed by atoms with Gasteiger partial charge in [0, 0.05) is 0 Å². The van der Waals surface area contributed by atoms with Gasteiger partial charge in [0.25, 0.3) is 5.56 Å². The summed E-state index contributed by atoms with van der Waals surface area (Å²) >= 11 is 6.57. The maximum Gasteiger partial charge on any atom is 0.303 e. The number of hydrogen-bond acceptors (Lipinski definition) is 5. The molecule has 2 unspecified atom stereocenters. The third-order valence-corrected chi connectivity index (χ3v) is 7.87. The average Bonchev–Trinajstić information content (AvgIpc) is 2.71. The molecule has 0 spiro atoms. The number of rotatable bonds is 7. The zero-order valence-electron chi connectivity index (χ0n) is 18.1. The maximum absolute atomic E-state index is 13.4. The zero-order chi connectivity index (χ0) is 22.5. The summed E-state index contributed by atoms with van der Waals surface area (Å²) in [5, 5.41) is 17.4. The van der Waals surface area contributed by atoms with E-state index >= 15 is 0 Å². The highest BCUT2D eigenvalue weighted by molar-refractivity contribution is 6.33. The Bertz CT molecular complexity index is 1100. The molecule has 0 saturated heterocycles. The van der Waals surface area contributed by atoms with E-state index in [1.807, 2.05) is 31.2 Å². The van der Waals surface area contributed by atoms with Gasteiger partial charge in [-0.25, -0.2) is 4.68 Å². The zero-order valence-corrected chi connectivity index (χ0v) is 18.9. The number of ether oxygens (including phenoxy) is 1. The van der Waals surface area contributed by atoms with Crippen LogP contribution in [0, 0.1) is 17.3 Å². The molecule has 4 aliphatic carbocycles. The Labute approximate surface area is 191 Å². The summed E-state index contributed by atoms with van der Waals surface area (Å²) in [5.74, 6) is 0.804. The summed E-state index contributed by atoms with van der Waals surface area (Å²) < 4.78 is 7.23. The highest BCUT2D eigenvalue weighted by Gasteiger charge is 2.59. The molecule has 4 fully saturated rings. The molecule has 0 amide bonds. The molecule has 7 nitrogen and oxygen atoms in total. The van der Waals surface area contributed by atoms with E-state index in [0.29, 0.717) is 42.0 Å². The number of carboxylic acids is 1. The van der Waals surface area contributed by atoms with Crippen LogP contribution in [0.1, 0.15) is 51.9 Å². The maximum atomic E-state index is 13.4. The third-order valence-electron chi connectivity index (χ3n) is 7.50. The van der Waals surface area contributed by atoms with E-state index in [9.17, 15) is 14.7 Å². The van der Waals surface area contributed by atoms with Gasteiger partial charge < -0.3 is 15.2 Å². The Hall–Kier alpha value is -2.54. The number of nitrogens with zero attached hydrogens (tertiary/aromatic N) is 2. The van der Waals surface area contributed by atoms with Crippen LogP contribution in [0.25, 0.3) is 0 Å². The minimum absolute atomic E-state index is 0.0920. The third kappa shape index (κ3) is 3.56. The normalized spacial score (nSPS) is 30.3. The van der Waals surface area contributed by atoms with Crippen molar-refractivity contribution in [2.45, 2.75) is 57.4 Å². The van der Waals surface area contributed by atoms with Crippen LogP contribution >= 0.6 is 11.6 Å². The van der Waals surface area contributed by atoms with Crippen LogP contribution in [0.15, 0.2) is 35.3 Å². The first kappa shape index (κ1) is 21.3. The van der Waals surface area contributed by atoms with Crippen LogP contribution in [0.2, 0.25) is 5.02 Å². The van der Waals surface area contributed by atoms with E-state index in [-0.39, 0.29) is 22.4 Å². The van der Waals surface area contributed by atoms with Gasteiger partial charge in [0.2, 0.25) is 0 Å². The van der Waals surface area contributed by atoms with Gasteiger partial charge in [0.1, 0.15) is 10.8 Å². The number of halogens is 1. The van der Waals surface area contributed by atoms with Crippen molar-refractivity contribution in [3.63, 3.8) is 0 Å². The minimum atomic E-state index is -0.757. The van der Waals surface area contributed by atoms with E-state index in [0.717, 1.165) is 32.1 Å². The Morgan fingerprint density at radius 2 is 1.97 bits per heavy atom. The highest BCUT2D eigenvalue weighted by atomic mass is 35.5. The number of para-hydroxylation sites is 2. The summed E-state index contributed by atoms with van der Waals surface area (Å²) in [7, 11) is 0. The lowest BCUT2D eigenvalue weighted by Gasteiger charge is -2.61. The topological polar surface area (TPSA) is 93.4 Å². The fraction of sp³-hybridized carbons (Fsp3) is 0.542. The molecule has 1 aromatic carbocycles. The van der Waals surface area contributed by atoms with Gasteiger partial charge >= 0.3 is 5.97 Å². The van der Waals surface area contributed by atoms with Crippen LogP contribution < -0.4 is 15.6 Å². The quantitative estimate of drug-likeness (QED) is 0.619.